The summed E-state index contributed by atoms with van der Waals surface area (Å²) in [5.74, 6) is 0.820. The van der Waals surface area contributed by atoms with E-state index in [0.717, 1.165) is 43.7 Å². The molecule has 2 fully saturated rings. The lowest BCUT2D eigenvalue weighted by Gasteiger charge is -2.37. The molecular formula is C25H32FN3O. The lowest BCUT2D eigenvalue weighted by molar-refractivity contribution is -0.123. The summed E-state index contributed by atoms with van der Waals surface area (Å²) in [5.41, 5.74) is 2.07. The van der Waals surface area contributed by atoms with Crippen molar-refractivity contribution in [3.8, 4) is 0 Å². The monoisotopic (exact) mass is 409 g/mol. The van der Waals surface area contributed by atoms with Crippen LogP contribution in [0.4, 0.5) is 4.39 Å². The van der Waals surface area contributed by atoms with Crippen LogP contribution in [-0.2, 0) is 11.3 Å². The van der Waals surface area contributed by atoms with Crippen molar-refractivity contribution >= 4 is 5.91 Å². The third-order valence-corrected chi connectivity index (χ3v) is 6.60. The maximum atomic E-state index is 13.2. The Balaban J connectivity index is 1.43. The zero-order chi connectivity index (χ0) is 20.8. The maximum Gasteiger partial charge on any atom is 0.220 e. The predicted octanol–water partition coefficient (Wildman–Crippen LogP) is 4.87. The highest BCUT2D eigenvalue weighted by Gasteiger charge is 2.31. The molecule has 1 amide bonds. The van der Waals surface area contributed by atoms with Crippen LogP contribution in [0.5, 0.6) is 0 Å². The third kappa shape index (κ3) is 5.66. The van der Waals surface area contributed by atoms with Gasteiger partial charge in [-0.2, -0.15) is 0 Å². The van der Waals surface area contributed by atoms with Gasteiger partial charge in [0.2, 0.25) is 5.91 Å². The molecule has 0 spiro atoms. The second kappa shape index (κ2) is 10.2. The van der Waals surface area contributed by atoms with Gasteiger partial charge in [0.05, 0.1) is 11.7 Å². The van der Waals surface area contributed by atoms with Crippen LogP contribution in [0.1, 0.15) is 62.2 Å². The Bertz CT molecular complexity index is 805. The minimum absolute atomic E-state index is 0.0591. The van der Waals surface area contributed by atoms with Gasteiger partial charge >= 0.3 is 0 Å². The number of piperidine rings is 1. The number of nitrogens with zero attached hydrogens (tertiary/aromatic N) is 2. The highest BCUT2D eigenvalue weighted by atomic mass is 19.1. The van der Waals surface area contributed by atoms with E-state index in [0.29, 0.717) is 18.3 Å². The Labute approximate surface area is 178 Å². The third-order valence-electron chi connectivity index (χ3n) is 6.60. The van der Waals surface area contributed by atoms with Gasteiger partial charge < -0.3 is 5.32 Å². The molecule has 1 saturated carbocycles. The van der Waals surface area contributed by atoms with Gasteiger partial charge in [0, 0.05) is 25.7 Å². The van der Waals surface area contributed by atoms with E-state index in [1.807, 2.05) is 36.5 Å². The Morgan fingerprint density at radius 3 is 2.63 bits per heavy atom. The van der Waals surface area contributed by atoms with E-state index in [4.69, 9.17) is 0 Å². The molecule has 1 aromatic heterocycles. The molecule has 4 nitrogen and oxygen atoms in total. The fraction of sp³-hybridized carbons (Fsp3) is 0.520. The summed E-state index contributed by atoms with van der Waals surface area (Å²) < 4.78 is 13.2. The number of nitrogens with one attached hydrogen (secondary N) is 1. The average molecular weight is 410 g/mol. The number of halogens is 1. The minimum atomic E-state index is -0.199. The van der Waals surface area contributed by atoms with Crippen LogP contribution in [0, 0.1) is 17.7 Å². The fourth-order valence-electron chi connectivity index (χ4n) is 5.06. The summed E-state index contributed by atoms with van der Waals surface area (Å²) in [6.45, 7) is 2.74. The van der Waals surface area contributed by atoms with Gasteiger partial charge in [0.25, 0.3) is 0 Å². The van der Waals surface area contributed by atoms with Gasteiger partial charge in [-0.05, 0) is 73.9 Å². The normalized spacial score (nSPS) is 21.4. The summed E-state index contributed by atoms with van der Waals surface area (Å²) in [5, 5.41) is 3.34. The number of aromatic nitrogens is 1. The molecule has 1 aromatic carbocycles. The summed E-state index contributed by atoms with van der Waals surface area (Å²) in [6.07, 6.45) is 9.47. The van der Waals surface area contributed by atoms with Crippen molar-refractivity contribution in [2.75, 3.05) is 13.1 Å². The molecule has 0 bridgehead atoms. The topological polar surface area (TPSA) is 45.2 Å². The molecule has 2 aliphatic rings. The van der Waals surface area contributed by atoms with E-state index in [1.165, 1.54) is 37.8 Å². The Morgan fingerprint density at radius 2 is 1.90 bits per heavy atom. The second-order valence-corrected chi connectivity index (χ2v) is 8.92. The lowest BCUT2D eigenvalue weighted by atomic mass is 9.87. The quantitative estimate of drug-likeness (QED) is 0.710. The number of carbonyl (C=O) groups excluding carboxylic acids is 1. The van der Waals surface area contributed by atoms with Crippen LogP contribution in [0.3, 0.4) is 0 Å². The van der Waals surface area contributed by atoms with E-state index < -0.39 is 0 Å². The Morgan fingerprint density at radius 1 is 1.10 bits per heavy atom. The van der Waals surface area contributed by atoms with Crippen molar-refractivity contribution in [1.82, 2.24) is 15.2 Å². The molecule has 2 aromatic rings. The van der Waals surface area contributed by atoms with Crippen LogP contribution in [0.15, 0.2) is 48.7 Å². The molecule has 4 rings (SSSR count). The van der Waals surface area contributed by atoms with Crippen LogP contribution in [0.25, 0.3) is 0 Å². The highest BCUT2D eigenvalue weighted by molar-refractivity contribution is 5.76. The molecule has 5 heteroatoms. The zero-order valence-electron chi connectivity index (χ0n) is 17.6. The van der Waals surface area contributed by atoms with E-state index in [2.05, 4.69) is 15.2 Å². The smallest absolute Gasteiger partial charge is 0.220 e. The van der Waals surface area contributed by atoms with E-state index in [1.54, 1.807) is 0 Å². The first kappa shape index (κ1) is 21.0. The van der Waals surface area contributed by atoms with Gasteiger partial charge in [-0.1, -0.05) is 31.0 Å². The standard InChI is InChI=1S/C25H32FN3O/c26-22-12-10-20(11-13-22)17-29-15-5-8-21(18-29)25(23-9-3-4-14-27-23)28-24(30)16-19-6-1-2-7-19/h3-4,9-14,19,21,25H,1-2,5-8,15-18H2,(H,28,30). The van der Waals surface area contributed by atoms with Gasteiger partial charge in [0.1, 0.15) is 5.82 Å². The molecule has 1 aliphatic heterocycles. The number of hydrogen-bond acceptors (Lipinski definition) is 3. The summed E-state index contributed by atoms with van der Waals surface area (Å²) in [6, 6.07) is 12.7. The first-order valence-corrected chi connectivity index (χ1v) is 11.3. The van der Waals surface area contributed by atoms with Crippen LogP contribution in [-0.4, -0.2) is 28.9 Å². The minimum Gasteiger partial charge on any atom is -0.347 e. The average Bonchev–Trinajstić information content (AvgIpc) is 3.27. The van der Waals surface area contributed by atoms with Crippen molar-refractivity contribution in [1.29, 1.82) is 0 Å². The lowest BCUT2D eigenvalue weighted by Crippen LogP contribution is -2.43. The number of carbonyl (C=O) groups is 1. The molecule has 30 heavy (non-hydrogen) atoms. The SMILES string of the molecule is O=C(CC1CCCC1)NC(c1ccccn1)C1CCCN(Cc2ccc(F)cc2)C1. The van der Waals surface area contributed by atoms with Gasteiger partial charge in [-0.15, -0.1) is 0 Å². The summed E-state index contributed by atoms with van der Waals surface area (Å²) in [7, 11) is 0. The van der Waals surface area contributed by atoms with Crippen molar-refractivity contribution in [3.63, 3.8) is 0 Å². The summed E-state index contributed by atoms with van der Waals surface area (Å²) in [4.78, 5) is 19.8. The van der Waals surface area contributed by atoms with E-state index >= 15 is 0 Å². The number of likely N-dealkylation sites (tertiary alicyclic amines) is 1. The van der Waals surface area contributed by atoms with Crippen molar-refractivity contribution in [2.24, 2.45) is 11.8 Å². The zero-order valence-corrected chi connectivity index (χ0v) is 17.6. The molecule has 2 heterocycles. The van der Waals surface area contributed by atoms with Crippen LogP contribution < -0.4 is 5.32 Å². The molecule has 1 N–H and O–H groups in total. The predicted molar refractivity (Wildman–Crippen MR) is 116 cm³/mol. The molecule has 1 saturated heterocycles. The molecular weight excluding hydrogens is 377 g/mol. The van der Waals surface area contributed by atoms with E-state index in [-0.39, 0.29) is 17.8 Å². The van der Waals surface area contributed by atoms with Gasteiger partial charge in [-0.3, -0.25) is 14.7 Å². The largest absolute Gasteiger partial charge is 0.347 e. The molecule has 2 unspecified atom stereocenters. The molecule has 2 atom stereocenters. The molecule has 0 radical (unpaired) electrons. The van der Waals surface area contributed by atoms with E-state index in [9.17, 15) is 9.18 Å². The van der Waals surface area contributed by atoms with Crippen LogP contribution >= 0.6 is 0 Å². The molecule has 1 aliphatic carbocycles. The second-order valence-electron chi connectivity index (χ2n) is 8.92. The Hall–Kier alpha value is -2.27. The first-order chi connectivity index (χ1) is 14.7. The molecule has 160 valence electrons. The van der Waals surface area contributed by atoms with Crippen molar-refractivity contribution < 1.29 is 9.18 Å². The summed E-state index contributed by atoms with van der Waals surface area (Å²) >= 11 is 0. The van der Waals surface area contributed by atoms with Crippen molar-refractivity contribution in [3.05, 3.63) is 65.7 Å². The fourth-order valence-corrected chi connectivity index (χ4v) is 5.06. The number of rotatable bonds is 7. The van der Waals surface area contributed by atoms with Gasteiger partial charge in [0.15, 0.2) is 0 Å². The van der Waals surface area contributed by atoms with Crippen molar-refractivity contribution in [2.45, 2.75) is 57.5 Å². The number of pyridine rings is 1. The highest BCUT2D eigenvalue weighted by Crippen LogP contribution is 2.31. The van der Waals surface area contributed by atoms with Gasteiger partial charge in [-0.25, -0.2) is 4.39 Å². The number of benzene rings is 1. The first-order valence-electron chi connectivity index (χ1n) is 11.3. The maximum absolute atomic E-state index is 13.2. The van der Waals surface area contributed by atoms with Crippen LogP contribution in [0.2, 0.25) is 0 Å². The number of hydrogen-bond donors (Lipinski definition) is 1. The number of amides is 1. The Kier molecular flexibility index (Phi) is 7.11.